The first-order valence-corrected chi connectivity index (χ1v) is 10.8. The summed E-state index contributed by atoms with van der Waals surface area (Å²) in [5.41, 5.74) is 3.30. The van der Waals surface area contributed by atoms with E-state index in [1.807, 2.05) is 28.8 Å². The average molecular weight is 393 g/mol. The molecule has 0 radical (unpaired) electrons. The number of rotatable bonds is 6. The Hall–Kier alpha value is -2.37. The molecule has 0 aliphatic rings. The SMILES string of the molecule is Cc1cccc(CSc2nc3ccccc3c(=O)n2CCc2cccs2)c1. The smallest absolute Gasteiger partial charge is 0.262 e. The standard InChI is InChI=1S/C22H20N2OS2/c1-16-6-4-7-17(14-16)15-27-22-23-20-10-3-2-9-19(20)21(25)24(22)12-11-18-8-5-13-26-18/h2-10,13-14H,11-12,15H2,1H3. The number of thiophene rings is 1. The number of para-hydroxylation sites is 1. The molecule has 136 valence electrons. The maximum atomic E-state index is 13.1. The number of nitrogens with zero attached hydrogens (tertiary/aromatic N) is 2. The molecule has 3 nitrogen and oxygen atoms in total. The maximum Gasteiger partial charge on any atom is 0.262 e. The van der Waals surface area contributed by atoms with Gasteiger partial charge in [0.2, 0.25) is 0 Å². The van der Waals surface area contributed by atoms with Crippen molar-refractivity contribution < 1.29 is 0 Å². The molecule has 4 aromatic rings. The van der Waals surface area contributed by atoms with Crippen LogP contribution in [0, 0.1) is 6.92 Å². The predicted octanol–water partition coefficient (Wildman–Crippen LogP) is 5.30. The molecule has 0 bridgehead atoms. The summed E-state index contributed by atoms with van der Waals surface area (Å²) in [5, 5.41) is 3.55. The maximum absolute atomic E-state index is 13.1. The second-order valence-corrected chi connectivity index (χ2v) is 8.45. The van der Waals surface area contributed by atoms with Gasteiger partial charge in [0.15, 0.2) is 5.16 Å². The number of fused-ring (bicyclic) bond motifs is 1. The fraction of sp³-hybridized carbons (Fsp3) is 0.182. The summed E-state index contributed by atoms with van der Waals surface area (Å²) in [5.74, 6) is 0.797. The second kappa shape index (κ2) is 8.11. The van der Waals surface area contributed by atoms with Gasteiger partial charge in [-0.2, -0.15) is 0 Å². The molecule has 0 saturated heterocycles. The van der Waals surface area contributed by atoms with Gasteiger partial charge in [0.05, 0.1) is 10.9 Å². The molecule has 0 N–H and O–H groups in total. The molecule has 0 atom stereocenters. The Morgan fingerprint density at radius 2 is 1.96 bits per heavy atom. The number of aryl methyl sites for hydroxylation is 2. The van der Waals surface area contributed by atoms with Gasteiger partial charge in [-0.3, -0.25) is 9.36 Å². The van der Waals surface area contributed by atoms with Crippen LogP contribution in [0.25, 0.3) is 10.9 Å². The lowest BCUT2D eigenvalue weighted by Crippen LogP contribution is -2.24. The van der Waals surface area contributed by atoms with Gasteiger partial charge in [-0.15, -0.1) is 11.3 Å². The lowest BCUT2D eigenvalue weighted by molar-refractivity contribution is 0.598. The predicted molar refractivity (Wildman–Crippen MR) is 115 cm³/mol. The Kier molecular flexibility index (Phi) is 5.41. The van der Waals surface area contributed by atoms with Crippen molar-refractivity contribution in [2.45, 2.75) is 30.8 Å². The Morgan fingerprint density at radius 1 is 1.07 bits per heavy atom. The van der Waals surface area contributed by atoms with Gasteiger partial charge < -0.3 is 0 Å². The summed E-state index contributed by atoms with van der Waals surface area (Å²) in [6, 6.07) is 20.2. The first kappa shape index (κ1) is 18.0. The minimum atomic E-state index is 0.0453. The van der Waals surface area contributed by atoms with Crippen LogP contribution >= 0.6 is 23.1 Å². The fourth-order valence-electron chi connectivity index (χ4n) is 3.08. The minimum Gasteiger partial charge on any atom is -0.287 e. The third kappa shape index (κ3) is 4.15. The van der Waals surface area contributed by atoms with Gasteiger partial charge in [-0.25, -0.2) is 4.98 Å². The van der Waals surface area contributed by atoms with Gasteiger partial charge in [0, 0.05) is 17.2 Å². The molecule has 0 saturated carbocycles. The van der Waals surface area contributed by atoms with Crippen LogP contribution in [0.2, 0.25) is 0 Å². The van der Waals surface area contributed by atoms with Gasteiger partial charge in [-0.05, 0) is 42.5 Å². The largest absolute Gasteiger partial charge is 0.287 e. The third-order valence-corrected chi connectivity index (χ3v) is 6.42. The highest BCUT2D eigenvalue weighted by Gasteiger charge is 2.12. The zero-order valence-corrected chi connectivity index (χ0v) is 16.7. The Morgan fingerprint density at radius 3 is 2.78 bits per heavy atom. The topological polar surface area (TPSA) is 34.9 Å². The van der Waals surface area contributed by atoms with Crippen molar-refractivity contribution in [2.75, 3.05) is 0 Å². The van der Waals surface area contributed by atoms with Crippen molar-refractivity contribution in [3.8, 4) is 0 Å². The van der Waals surface area contributed by atoms with Crippen molar-refractivity contribution in [3.05, 3.63) is 92.4 Å². The normalized spacial score (nSPS) is 11.1. The van der Waals surface area contributed by atoms with Crippen molar-refractivity contribution in [3.63, 3.8) is 0 Å². The number of hydrogen-bond donors (Lipinski definition) is 0. The fourth-order valence-corrected chi connectivity index (χ4v) is 4.75. The van der Waals surface area contributed by atoms with Crippen molar-refractivity contribution in [2.24, 2.45) is 0 Å². The summed E-state index contributed by atoms with van der Waals surface area (Å²) >= 11 is 3.36. The second-order valence-electron chi connectivity index (χ2n) is 6.48. The molecular formula is C22H20N2OS2. The van der Waals surface area contributed by atoms with Gasteiger partial charge in [-0.1, -0.05) is 59.8 Å². The van der Waals surface area contributed by atoms with Crippen LogP contribution in [0.5, 0.6) is 0 Å². The summed E-state index contributed by atoms with van der Waals surface area (Å²) in [7, 11) is 0. The van der Waals surface area contributed by atoms with E-state index in [1.54, 1.807) is 23.1 Å². The van der Waals surface area contributed by atoms with Crippen LogP contribution in [0.15, 0.2) is 76.0 Å². The highest BCUT2D eigenvalue weighted by atomic mass is 32.2. The molecule has 0 amide bonds. The van der Waals surface area contributed by atoms with Crippen molar-refractivity contribution in [1.82, 2.24) is 9.55 Å². The summed E-state index contributed by atoms with van der Waals surface area (Å²) < 4.78 is 1.84. The molecule has 5 heteroatoms. The van der Waals surface area contributed by atoms with Gasteiger partial charge >= 0.3 is 0 Å². The van der Waals surface area contributed by atoms with E-state index in [4.69, 9.17) is 4.98 Å². The monoisotopic (exact) mass is 392 g/mol. The Labute approximate surface area is 166 Å². The first-order chi connectivity index (χ1) is 13.2. The molecule has 0 unspecified atom stereocenters. The van der Waals surface area contributed by atoms with E-state index in [0.717, 1.165) is 22.8 Å². The summed E-state index contributed by atoms with van der Waals surface area (Å²) in [6.07, 6.45) is 0.843. The van der Waals surface area contributed by atoms with E-state index in [-0.39, 0.29) is 5.56 Å². The van der Waals surface area contributed by atoms with Crippen LogP contribution < -0.4 is 5.56 Å². The molecule has 0 spiro atoms. The average Bonchev–Trinajstić information content (AvgIpc) is 3.19. The number of hydrogen-bond acceptors (Lipinski definition) is 4. The molecule has 0 aliphatic carbocycles. The lowest BCUT2D eigenvalue weighted by atomic mass is 10.2. The lowest BCUT2D eigenvalue weighted by Gasteiger charge is -2.13. The minimum absolute atomic E-state index is 0.0453. The van der Waals surface area contributed by atoms with Crippen LogP contribution in [-0.4, -0.2) is 9.55 Å². The molecule has 4 rings (SSSR count). The Bertz CT molecular complexity index is 1120. The van der Waals surface area contributed by atoms with E-state index in [0.29, 0.717) is 11.9 Å². The third-order valence-electron chi connectivity index (χ3n) is 4.44. The molecule has 27 heavy (non-hydrogen) atoms. The zero-order valence-electron chi connectivity index (χ0n) is 15.1. The van der Waals surface area contributed by atoms with Crippen molar-refractivity contribution >= 4 is 34.0 Å². The van der Waals surface area contributed by atoms with Gasteiger partial charge in [0.25, 0.3) is 5.56 Å². The number of aromatic nitrogens is 2. The van der Waals surface area contributed by atoms with E-state index in [2.05, 4.69) is 48.7 Å². The highest BCUT2D eigenvalue weighted by molar-refractivity contribution is 7.98. The van der Waals surface area contributed by atoms with Crippen LogP contribution in [-0.2, 0) is 18.7 Å². The first-order valence-electron chi connectivity index (χ1n) is 8.91. The number of thioether (sulfide) groups is 1. The van der Waals surface area contributed by atoms with E-state index < -0.39 is 0 Å². The molecular weight excluding hydrogens is 372 g/mol. The molecule has 0 aliphatic heterocycles. The van der Waals surface area contributed by atoms with Crippen LogP contribution in [0.1, 0.15) is 16.0 Å². The number of benzene rings is 2. The van der Waals surface area contributed by atoms with E-state index in [9.17, 15) is 4.79 Å². The van der Waals surface area contributed by atoms with Gasteiger partial charge in [0.1, 0.15) is 0 Å². The highest BCUT2D eigenvalue weighted by Crippen LogP contribution is 2.23. The molecule has 2 aromatic carbocycles. The van der Waals surface area contributed by atoms with Crippen LogP contribution in [0.3, 0.4) is 0 Å². The summed E-state index contributed by atoms with van der Waals surface area (Å²) in [4.78, 5) is 19.2. The zero-order chi connectivity index (χ0) is 18.6. The molecule has 2 aromatic heterocycles. The van der Waals surface area contributed by atoms with Crippen molar-refractivity contribution in [1.29, 1.82) is 0 Å². The van der Waals surface area contributed by atoms with Crippen LogP contribution in [0.4, 0.5) is 0 Å². The van der Waals surface area contributed by atoms with E-state index in [1.165, 1.54) is 16.0 Å². The quantitative estimate of drug-likeness (QED) is 0.330. The molecule has 2 heterocycles. The molecule has 0 fully saturated rings. The summed E-state index contributed by atoms with van der Waals surface area (Å²) in [6.45, 7) is 2.74. The Balaban J connectivity index is 1.67. The van der Waals surface area contributed by atoms with E-state index >= 15 is 0 Å².